The Morgan fingerprint density at radius 1 is 1.13 bits per heavy atom. The van der Waals surface area contributed by atoms with Gasteiger partial charge < -0.3 is 0 Å². The standard InChI is InChI=1S/C13H26N2/c1-6-7-15-13(10-14,8-11(2)3)9-12(4)5/h11-12,15H,6-9H2,1-5H3. The summed E-state index contributed by atoms with van der Waals surface area (Å²) in [4.78, 5) is 0. The van der Waals surface area contributed by atoms with Crippen LogP contribution in [0.25, 0.3) is 0 Å². The van der Waals surface area contributed by atoms with Gasteiger partial charge in [0.2, 0.25) is 0 Å². The topological polar surface area (TPSA) is 35.8 Å². The molecule has 0 rings (SSSR count). The highest BCUT2D eigenvalue weighted by molar-refractivity contribution is 5.07. The SMILES string of the molecule is CCCNC(C#N)(CC(C)C)CC(C)C. The van der Waals surface area contributed by atoms with Crippen LogP contribution in [0.4, 0.5) is 0 Å². The quantitative estimate of drug-likeness (QED) is 0.699. The van der Waals surface area contributed by atoms with E-state index in [1.807, 2.05) is 0 Å². The van der Waals surface area contributed by atoms with E-state index in [-0.39, 0.29) is 5.54 Å². The van der Waals surface area contributed by atoms with Crippen molar-refractivity contribution in [2.45, 2.75) is 59.4 Å². The van der Waals surface area contributed by atoms with E-state index in [0.717, 1.165) is 25.8 Å². The zero-order valence-electron chi connectivity index (χ0n) is 10.9. The van der Waals surface area contributed by atoms with Crippen LogP contribution in [0.15, 0.2) is 0 Å². The van der Waals surface area contributed by atoms with E-state index in [1.54, 1.807) is 0 Å². The summed E-state index contributed by atoms with van der Waals surface area (Å²) < 4.78 is 0. The molecule has 0 aromatic heterocycles. The second-order valence-electron chi connectivity index (χ2n) is 5.32. The molecule has 1 N–H and O–H groups in total. The molecule has 0 fully saturated rings. The lowest BCUT2D eigenvalue weighted by molar-refractivity contribution is 0.287. The summed E-state index contributed by atoms with van der Waals surface area (Å²) in [7, 11) is 0. The Kier molecular flexibility index (Phi) is 6.60. The van der Waals surface area contributed by atoms with E-state index in [0.29, 0.717) is 11.8 Å². The number of nitrogens with one attached hydrogen (secondary N) is 1. The summed E-state index contributed by atoms with van der Waals surface area (Å²) in [5, 5.41) is 12.8. The molecule has 0 saturated carbocycles. The molecule has 0 amide bonds. The molecule has 0 bridgehead atoms. The van der Waals surface area contributed by atoms with Crippen molar-refractivity contribution in [2.24, 2.45) is 11.8 Å². The summed E-state index contributed by atoms with van der Waals surface area (Å²) in [6.45, 7) is 11.8. The van der Waals surface area contributed by atoms with E-state index >= 15 is 0 Å². The van der Waals surface area contributed by atoms with Crippen molar-refractivity contribution in [3.63, 3.8) is 0 Å². The maximum absolute atomic E-state index is 9.39. The van der Waals surface area contributed by atoms with Gasteiger partial charge >= 0.3 is 0 Å². The molecule has 0 aliphatic carbocycles. The Balaban J connectivity index is 4.54. The molecule has 0 aliphatic heterocycles. The molecule has 0 saturated heterocycles. The van der Waals surface area contributed by atoms with Crippen molar-refractivity contribution in [1.82, 2.24) is 5.32 Å². The molecule has 0 aromatic carbocycles. The molecule has 2 nitrogen and oxygen atoms in total. The molecule has 2 heteroatoms. The van der Waals surface area contributed by atoms with Crippen molar-refractivity contribution in [1.29, 1.82) is 5.26 Å². The van der Waals surface area contributed by atoms with Crippen LogP contribution >= 0.6 is 0 Å². The minimum Gasteiger partial charge on any atom is -0.299 e. The zero-order valence-corrected chi connectivity index (χ0v) is 10.9. The van der Waals surface area contributed by atoms with Gasteiger partial charge in [0, 0.05) is 0 Å². The van der Waals surface area contributed by atoms with Gasteiger partial charge in [0.05, 0.1) is 6.07 Å². The first-order valence-electron chi connectivity index (χ1n) is 6.12. The fourth-order valence-corrected chi connectivity index (χ4v) is 2.12. The predicted octanol–water partition coefficient (Wildman–Crippen LogP) is 3.34. The van der Waals surface area contributed by atoms with Crippen LogP contribution in [-0.2, 0) is 0 Å². The van der Waals surface area contributed by atoms with Gasteiger partial charge in [-0.1, -0.05) is 34.6 Å². The number of hydrogen-bond donors (Lipinski definition) is 1. The molecule has 0 aliphatic rings. The third-order valence-electron chi connectivity index (χ3n) is 2.44. The van der Waals surface area contributed by atoms with Crippen molar-refractivity contribution in [2.75, 3.05) is 6.54 Å². The molecule has 88 valence electrons. The summed E-state index contributed by atoms with van der Waals surface area (Å²) in [6, 6.07) is 2.50. The van der Waals surface area contributed by atoms with E-state index in [1.165, 1.54) is 0 Å². The van der Waals surface area contributed by atoms with Gasteiger partial charge in [-0.05, 0) is 37.6 Å². The molecule has 0 aromatic rings. The highest BCUT2D eigenvalue weighted by atomic mass is 15.0. The molecule has 0 heterocycles. The summed E-state index contributed by atoms with van der Waals surface area (Å²) in [6.07, 6.45) is 2.98. The van der Waals surface area contributed by atoms with E-state index in [2.05, 4.69) is 46.0 Å². The van der Waals surface area contributed by atoms with Crippen molar-refractivity contribution >= 4 is 0 Å². The Morgan fingerprint density at radius 2 is 1.60 bits per heavy atom. The second kappa shape index (κ2) is 6.85. The minimum atomic E-state index is -0.307. The lowest BCUT2D eigenvalue weighted by Gasteiger charge is -2.31. The van der Waals surface area contributed by atoms with Crippen LogP contribution in [0.3, 0.4) is 0 Å². The van der Waals surface area contributed by atoms with Crippen molar-refractivity contribution in [3.8, 4) is 6.07 Å². The molecular formula is C13H26N2. The normalized spacial score (nSPS) is 12.1. The Bertz CT molecular complexity index is 191. The van der Waals surface area contributed by atoms with E-state index in [4.69, 9.17) is 0 Å². The molecule has 15 heavy (non-hydrogen) atoms. The monoisotopic (exact) mass is 210 g/mol. The van der Waals surface area contributed by atoms with Crippen LogP contribution in [0.2, 0.25) is 0 Å². The van der Waals surface area contributed by atoms with Crippen molar-refractivity contribution < 1.29 is 0 Å². The van der Waals surface area contributed by atoms with Gasteiger partial charge in [-0.15, -0.1) is 0 Å². The van der Waals surface area contributed by atoms with Crippen LogP contribution in [0.1, 0.15) is 53.9 Å². The fourth-order valence-electron chi connectivity index (χ4n) is 2.12. The number of nitrogens with zero attached hydrogens (tertiary/aromatic N) is 1. The Morgan fingerprint density at radius 3 is 1.87 bits per heavy atom. The molecule has 0 spiro atoms. The summed E-state index contributed by atoms with van der Waals surface area (Å²) in [5.74, 6) is 1.13. The predicted molar refractivity (Wildman–Crippen MR) is 65.5 cm³/mol. The van der Waals surface area contributed by atoms with Gasteiger partial charge in [0.25, 0.3) is 0 Å². The maximum Gasteiger partial charge on any atom is 0.107 e. The van der Waals surface area contributed by atoms with Gasteiger partial charge in [0.15, 0.2) is 0 Å². The van der Waals surface area contributed by atoms with Gasteiger partial charge in [0.1, 0.15) is 5.54 Å². The lowest BCUT2D eigenvalue weighted by atomic mass is 9.83. The van der Waals surface area contributed by atoms with Crippen LogP contribution < -0.4 is 5.32 Å². The Hall–Kier alpha value is -0.550. The second-order valence-corrected chi connectivity index (χ2v) is 5.32. The van der Waals surface area contributed by atoms with Crippen molar-refractivity contribution in [3.05, 3.63) is 0 Å². The fraction of sp³-hybridized carbons (Fsp3) is 0.923. The molecule has 0 unspecified atom stereocenters. The summed E-state index contributed by atoms with van der Waals surface area (Å²) >= 11 is 0. The third kappa shape index (κ3) is 5.79. The molecule has 0 radical (unpaired) electrons. The number of rotatable bonds is 7. The zero-order chi connectivity index (χ0) is 11.9. The van der Waals surface area contributed by atoms with E-state index < -0.39 is 0 Å². The molecule has 0 atom stereocenters. The summed E-state index contributed by atoms with van der Waals surface area (Å²) in [5.41, 5.74) is -0.307. The smallest absolute Gasteiger partial charge is 0.107 e. The highest BCUT2D eigenvalue weighted by Crippen LogP contribution is 2.24. The highest BCUT2D eigenvalue weighted by Gasteiger charge is 2.30. The van der Waals surface area contributed by atoms with Gasteiger partial charge in [-0.3, -0.25) is 5.32 Å². The van der Waals surface area contributed by atoms with Crippen LogP contribution in [-0.4, -0.2) is 12.1 Å². The lowest BCUT2D eigenvalue weighted by Crippen LogP contribution is -2.46. The van der Waals surface area contributed by atoms with Crippen LogP contribution in [0.5, 0.6) is 0 Å². The van der Waals surface area contributed by atoms with E-state index in [9.17, 15) is 5.26 Å². The first kappa shape index (κ1) is 14.5. The number of nitriles is 1. The average molecular weight is 210 g/mol. The minimum absolute atomic E-state index is 0.307. The first-order chi connectivity index (χ1) is 6.95. The Labute approximate surface area is 95.1 Å². The van der Waals surface area contributed by atoms with Crippen LogP contribution in [0, 0.1) is 23.2 Å². The van der Waals surface area contributed by atoms with Gasteiger partial charge in [-0.25, -0.2) is 0 Å². The molecular weight excluding hydrogens is 184 g/mol. The third-order valence-corrected chi connectivity index (χ3v) is 2.44. The first-order valence-corrected chi connectivity index (χ1v) is 6.12. The maximum atomic E-state index is 9.39. The largest absolute Gasteiger partial charge is 0.299 e. The number of hydrogen-bond acceptors (Lipinski definition) is 2. The average Bonchev–Trinajstić information content (AvgIpc) is 2.12. The van der Waals surface area contributed by atoms with Gasteiger partial charge in [-0.2, -0.15) is 5.26 Å².